The predicted molar refractivity (Wildman–Crippen MR) is 94.9 cm³/mol. The molecule has 0 unspecified atom stereocenters. The summed E-state index contributed by atoms with van der Waals surface area (Å²) < 4.78 is 0. The molecule has 1 aromatic carbocycles. The average Bonchev–Trinajstić information content (AvgIpc) is 3.08. The molecule has 0 aliphatic heterocycles. The van der Waals surface area contributed by atoms with Crippen molar-refractivity contribution >= 4 is 29.2 Å². The van der Waals surface area contributed by atoms with E-state index in [2.05, 4.69) is 21.4 Å². The van der Waals surface area contributed by atoms with Crippen LogP contribution in [0.5, 0.6) is 0 Å². The van der Waals surface area contributed by atoms with Crippen molar-refractivity contribution < 1.29 is 0 Å². The molecule has 1 aliphatic carbocycles. The highest BCUT2D eigenvalue weighted by Gasteiger charge is 2.20. The van der Waals surface area contributed by atoms with Crippen LogP contribution in [0.3, 0.4) is 0 Å². The highest BCUT2D eigenvalue weighted by molar-refractivity contribution is 7.98. The van der Waals surface area contributed by atoms with Gasteiger partial charge in [-0.1, -0.05) is 48.3 Å². The van der Waals surface area contributed by atoms with Gasteiger partial charge in [0.05, 0.1) is 5.69 Å². The van der Waals surface area contributed by atoms with Gasteiger partial charge in [-0.25, -0.2) is 9.97 Å². The van der Waals surface area contributed by atoms with Gasteiger partial charge in [-0.05, 0) is 31.2 Å². The Labute approximate surface area is 145 Å². The summed E-state index contributed by atoms with van der Waals surface area (Å²) >= 11 is 7.44. The van der Waals surface area contributed by atoms with Gasteiger partial charge >= 0.3 is 0 Å². The van der Waals surface area contributed by atoms with Crippen molar-refractivity contribution in [2.24, 2.45) is 0 Å². The van der Waals surface area contributed by atoms with E-state index in [0.717, 1.165) is 18.4 Å². The second-order valence-corrected chi connectivity index (χ2v) is 6.74. The summed E-state index contributed by atoms with van der Waals surface area (Å²) in [6.07, 6.45) is 6.64. The lowest BCUT2D eigenvalue weighted by Crippen LogP contribution is -2.17. The first-order valence-electron chi connectivity index (χ1n) is 7.60. The summed E-state index contributed by atoms with van der Waals surface area (Å²) in [7, 11) is 0. The Kier molecular flexibility index (Phi) is 5.04. The summed E-state index contributed by atoms with van der Waals surface area (Å²) in [5.41, 5.74) is 2.03. The maximum absolute atomic E-state index is 9.65. The molecular weight excluding hydrogens is 328 g/mol. The van der Waals surface area contributed by atoms with Crippen LogP contribution in [0.25, 0.3) is 11.3 Å². The number of benzene rings is 1. The van der Waals surface area contributed by atoms with Gasteiger partial charge in [-0.2, -0.15) is 5.26 Å². The van der Waals surface area contributed by atoms with E-state index in [4.69, 9.17) is 11.6 Å². The molecule has 23 heavy (non-hydrogen) atoms. The number of nitriles is 1. The number of aromatic nitrogens is 2. The fourth-order valence-electron chi connectivity index (χ4n) is 2.82. The maximum Gasteiger partial charge on any atom is 0.189 e. The van der Waals surface area contributed by atoms with Gasteiger partial charge in [0.15, 0.2) is 5.16 Å². The van der Waals surface area contributed by atoms with Gasteiger partial charge < -0.3 is 5.32 Å². The van der Waals surface area contributed by atoms with E-state index in [0.29, 0.717) is 33.3 Å². The van der Waals surface area contributed by atoms with Crippen molar-refractivity contribution in [2.45, 2.75) is 36.9 Å². The van der Waals surface area contributed by atoms with Crippen LogP contribution in [-0.2, 0) is 0 Å². The van der Waals surface area contributed by atoms with Crippen LogP contribution < -0.4 is 5.32 Å². The number of anilines is 1. The molecule has 0 spiro atoms. The van der Waals surface area contributed by atoms with Crippen LogP contribution in [0, 0.1) is 11.3 Å². The van der Waals surface area contributed by atoms with Crippen LogP contribution in [0.4, 0.5) is 5.82 Å². The summed E-state index contributed by atoms with van der Waals surface area (Å²) in [5.74, 6) is 0.642. The molecule has 0 atom stereocenters. The summed E-state index contributed by atoms with van der Waals surface area (Å²) in [6.45, 7) is 0. The lowest BCUT2D eigenvalue weighted by atomic mass is 10.1. The summed E-state index contributed by atoms with van der Waals surface area (Å²) in [6, 6.07) is 10.1. The standard InChI is InChI=1S/C17H17ClN4S/c1-23-17-21-15(11-6-8-12(18)9-7-11)14(10-19)16(22-17)20-13-4-2-3-5-13/h6-9,13H,2-5H2,1H3,(H,20,21,22). The lowest BCUT2D eigenvalue weighted by molar-refractivity contribution is 0.745. The molecule has 1 aromatic heterocycles. The van der Waals surface area contributed by atoms with Gasteiger partial charge in [0, 0.05) is 16.6 Å². The van der Waals surface area contributed by atoms with Gasteiger partial charge in [0.1, 0.15) is 17.5 Å². The average molecular weight is 345 g/mol. The van der Waals surface area contributed by atoms with Gasteiger partial charge in [0.2, 0.25) is 0 Å². The Hall–Kier alpha value is -1.77. The number of thioether (sulfide) groups is 1. The summed E-state index contributed by atoms with van der Waals surface area (Å²) in [5, 5.41) is 14.4. The fraction of sp³-hybridized carbons (Fsp3) is 0.353. The van der Waals surface area contributed by atoms with Crippen LogP contribution in [0.1, 0.15) is 31.2 Å². The van der Waals surface area contributed by atoms with E-state index in [1.54, 1.807) is 0 Å². The van der Waals surface area contributed by atoms with E-state index >= 15 is 0 Å². The maximum atomic E-state index is 9.65. The first-order valence-corrected chi connectivity index (χ1v) is 9.20. The highest BCUT2D eigenvalue weighted by Crippen LogP contribution is 2.31. The molecule has 1 saturated carbocycles. The van der Waals surface area contributed by atoms with Crippen LogP contribution in [0.2, 0.25) is 5.02 Å². The minimum Gasteiger partial charge on any atom is -0.366 e. The van der Waals surface area contributed by atoms with E-state index in [9.17, 15) is 5.26 Å². The second kappa shape index (κ2) is 7.20. The molecule has 118 valence electrons. The highest BCUT2D eigenvalue weighted by atomic mass is 35.5. The van der Waals surface area contributed by atoms with E-state index in [-0.39, 0.29) is 0 Å². The Bertz CT molecular complexity index is 733. The number of hydrogen-bond acceptors (Lipinski definition) is 5. The number of hydrogen-bond donors (Lipinski definition) is 1. The van der Waals surface area contributed by atoms with Crippen LogP contribution in [0.15, 0.2) is 29.4 Å². The van der Waals surface area contributed by atoms with Crippen molar-refractivity contribution in [1.29, 1.82) is 5.26 Å². The molecule has 4 nitrogen and oxygen atoms in total. The summed E-state index contributed by atoms with van der Waals surface area (Å²) in [4.78, 5) is 9.06. The van der Waals surface area contributed by atoms with Crippen molar-refractivity contribution in [2.75, 3.05) is 11.6 Å². The largest absolute Gasteiger partial charge is 0.366 e. The molecule has 6 heteroatoms. The van der Waals surface area contributed by atoms with Crippen LogP contribution >= 0.6 is 23.4 Å². The zero-order chi connectivity index (χ0) is 16.2. The van der Waals surface area contributed by atoms with Gasteiger partial charge in [-0.15, -0.1) is 0 Å². The quantitative estimate of drug-likeness (QED) is 0.640. The molecule has 2 aromatic rings. The van der Waals surface area contributed by atoms with Crippen molar-refractivity contribution in [1.82, 2.24) is 9.97 Å². The Morgan fingerprint density at radius 2 is 1.91 bits per heavy atom. The predicted octanol–water partition coefficient (Wildman–Crippen LogP) is 4.75. The number of halogens is 1. The molecule has 1 heterocycles. The Morgan fingerprint density at radius 3 is 2.52 bits per heavy atom. The first kappa shape index (κ1) is 16.1. The molecular formula is C17H17ClN4S. The molecule has 0 saturated heterocycles. The normalized spacial score (nSPS) is 14.7. The van der Waals surface area contributed by atoms with E-state index in [1.165, 1.54) is 24.6 Å². The number of nitrogens with one attached hydrogen (secondary N) is 1. The minimum absolute atomic E-state index is 0.393. The van der Waals surface area contributed by atoms with Crippen molar-refractivity contribution in [3.05, 3.63) is 34.9 Å². The molecule has 0 amide bonds. The monoisotopic (exact) mass is 344 g/mol. The third kappa shape index (κ3) is 3.60. The Morgan fingerprint density at radius 1 is 1.22 bits per heavy atom. The smallest absolute Gasteiger partial charge is 0.189 e. The van der Waals surface area contributed by atoms with E-state index < -0.39 is 0 Å². The third-order valence-electron chi connectivity index (χ3n) is 4.00. The second-order valence-electron chi connectivity index (χ2n) is 5.53. The topological polar surface area (TPSA) is 61.6 Å². The minimum atomic E-state index is 0.393. The molecule has 0 bridgehead atoms. The SMILES string of the molecule is CSc1nc(NC2CCCC2)c(C#N)c(-c2ccc(Cl)cc2)n1. The third-order valence-corrected chi connectivity index (χ3v) is 4.80. The van der Waals surface area contributed by atoms with Crippen LogP contribution in [-0.4, -0.2) is 22.3 Å². The van der Waals surface area contributed by atoms with E-state index in [1.807, 2.05) is 30.5 Å². The molecule has 3 rings (SSSR count). The Balaban J connectivity index is 2.06. The van der Waals surface area contributed by atoms with Crippen molar-refractivity contribution in [3.63, 3.8) is 0 Å². The zero-order valence-corrected chi connectivity index (χ0v) is 14.4. The molecule has 1 fully saturated rings. The number of rotatable bonds is 4. The van der Waals surface area contributed by atoms with Gasteiger partial charge in [-0.3, -0.25) is 0 Å². The van der Waals surface area contributed by atoms with Crippen molar-refractivity contribution in [3.8, 4) is 17.3 Å². The molecule has 1 N–H and O–H groups in total. The fourth-order valence-corrected chi connectivity index (χ4v) is 3.31. The van der Waals surface area contributed by atoms with Gasteiger partial charge in [0.25, 0.3) is 0 Å². The molecule has 1 aliphatic rings. The number of nitrogens with zero attached hydrogens (tertiary/aromatic N) is 3. The molecule has 0 radical (unpaired) electrons. The first-order chi connectivity index (χ1) is 11.2. The zero-order valence-electron chi connectivity index (χ0n) is 12.8. The lowest BCUT2D eigenvalue weighted by Gasteiger charge is -2.16.